The lowest BCUT2D eigenvalue weighted by Gasteiger charge is -2.29. The average Bonchev–Trinajstić information content (AvgIpc) is 3.40. The number of aryl methyl sites for hydroxylation is 2. The van der Waals surface area contributed by atoms with E-state index in [0.29, 0.717) is 32.2 Å². The number of amides is 1. The maximum Gasteiger partial charge on any atom is 0.248 e. The lowest BCUT2D eigenvalue weighted by molar-refractivity contribution is -0.119. The highest BCUT2D eigenvalue weighted by atomic mass is 19.3. The molecular formula is C23H26F2N4O2. The number of fused-ring (bicyclic) bond motifs is 1. The highest BCUT2D eigenvalue weighted by Gasteiger charge is 2.36. The van der Waals surface area contributed by atoms with Crippen LogP contribution in [0.1, 0.15) is 61.8 Å². The highest BCUT2D eigenvalue weighted by Crippen LogP contribution is 2.38. The van der Waals surface area contributed by atoms with Crippen LogP contribution in [-0.2, 0) is 11.3 Å². The molecule has 2 aromatic heterocycles. The molecule has 1 N–H and O–H groups in total. The fourth-order valence-corrected chi connectivity index (χ4v) is 5.01. The van der Waals surface area contributed by atoms with Gasteiger partial charge < -0.3 is 14.4 Å². The Hall–Kier alpha value is -2.77. The molecule has 8 heteroatoms. The van der Waals surface area contributed by atoms with Gasteiger partial charge in [-0.2, -0.15) is 0 Å². The van der Waals surface area contributed by atoms with E-state index in [9.17, 15) is 13.6 Å². The Morgan fingerprint density at radius 1 is 1.23 bits per heavy atom. The summed E-state index contributed by atoms with van der Waals surface area (Å²) in [5, 5.41) is 7.06. The van der Waals surface area contributed by atoms with Crippen molar-refractivity contribution in [1.29, 1.82) is 0 Å². The maximum atomic E-state index is 13.6. The first-order valence-corrected chi connectivity index (χ1v) is 10.9. The Morgan fingerprint density at radius 2 is 2.00 bits per heavy atom. The molecule has 1 aromatic carbocycles. The summed E-state index contributed by atoms with van der Waals surface area (Å²) in [5.74, 6) is -0.775. The van der Waals surface area contributed by atoms with E-state index < -0.39 is 5.92 Å². The number of nitrogens with zero attached hydrogens (tertiary/aromatic N) is 3. The summed E-state index contributed by atoms with van der Waals surface area (Å²) in [7, 11) is 0. The van der Waals surface area contributed by atoms with Crippen LogP contribution >= 0.6 is 0 Å². The van der Waals surface area contributed by atoms with E-state index in [1.807, 2.05) is 32.0 Å². The zero-order chi connectivity index (χ0) is 21.8. The van der Waals surface area contributed by atoms with Crippen molar-refractivity contribution in [2.75, 3.05) is 0 Å². The van der Waals surface area contributed by atoms with Crippen molar-refractivity contribution in [3.05, 3.63) is 35.5 Å². The minimum Gasteiger partial charge on any atom is -0.361 e. The molecule has 164 valence electrons. The number of halogens is 2. The third-order valence-corrected chi connectivity index (χ3v) is 6.68. The average molecular weight is 428 g/mol. The molecule has 0 bridgehead atoms. The number of rotatable bonds is 4. The lowest BCUT2D eigenvalue weighted by atomic mass is 9.86. The molecule has 1 atom stereocenters. The number of imidazole rings is 1. The van der Waals surface area contributed by atoms with Crippen molar-refractivity contribution in [2.24, 2.45) is 5.92 Å². The number of nitrogens with one attached hydrogen (secondary N) is 1. The molecule has 1 saturated carbocycles. The van der Waals surface area contributed by atoms with Crippen molar-refractivity contribution < 1.29 is 18.1 Å². The molecule has 6 nitrogen and oxygen atoms in total. The van der Waals surface area contributed by atoms with E-state index in [-0.39, 0.29) is 30.7 Å². The Kier molecular flexibility index (Phi) is 4.83. The quantitative estimate of drug-likeness (QED) is 0.629. The molecule has 3 aromatic rings. The standard InChI is InChI=1S/C23H26F2N4O2/c1-13-21(14(2)31-28-13)16-3-5-19-18(11-16)27-22(17-4-6-20(30)26-17)29(19)12-15-7-9-23(24,25)10-8-15/h3,5,11,15,17H,4,6-10,12H2,1-2H3,(H,26,30). The van der Waals surface area contributed by atoms with E-state index in [2.05, 4.69) is 15.0 Å². The predicted octanol–water partition coefficient (Wildman–Crippen LogP) is 5.08. The second-order valence-corrected chi connectivity index (χ2v) is 8.94. The molecule has 1 unspecified atom stereocenters. The molecule has 0 radical (unpaired) electrons. The van der Waals surface area contributed by atoms with E-state index in [4.69, 9.17) is 9.51 Å². The Bertz CT molecular complexity index is 1120. The molecule has 31 heavy (non-hydrogen) atoms. The van der Waals surface area contributed by atoms with Crippen LogP contribution in [0.2, 0.25) is 0 Å². The number of carbonyl (C=O) groups is 1. The third-order valence-electron chi connectivity index (χ3n) is 6.68. The summed E-state index contributed by atoms with van der Waals surface area (Å²) in [6, 6.07) is 5.93. The van der Waals surface area contributed by atoms with Gasteiger partial charge in [-0.05, 0) is 56.7 Å². The molecule has 2 aliphatic rings. The van der Waals surface area contributed by atoms with Gasteiger partial charge in [0.25, 0.3) is 0 Å². The Balaban J connectivity index is 1.54. The molecule has 0 spiro atoms. The smallest absolute Gasteiger partial charge is 0.248 e. The van der Waals surface area contributed by atoms with Crippen LogP contribution < -0.4 is 5.32 Å². The van der Waals surface area contributed by atoms with Gasteiger partial charge in [-0.1, -0.05) is 11.2 Å². The van der Waals surface area contributed by atoms with Crippen molar-refractivity contribution in [1.82, 2.24) is 20.0 Å². The van der Waals surface area contributed by atoms with Crippen LogP contribution in [0.25, 0.3) is 22.2 Å². The number of carbonyl (C=O) groups excluding carboxylic acids is 1. The van der Waals surface area contributed by atoms with Crippen LogP contribution in [0.3, 0.4) is 0 Å². The second kappa shape index (κ2) is 7.43. The molecule has 1 aliphatic carbocycles. The lowest BCUT2D eigenvalue weighted by Crippen LogP contribution is -2.28. The van der Waals surface area contributed by atoms with Crippen LogP contribution in [0.5, 0.6) is 0 Å². The summed E-state index contributed by atoms with van der Waals surface area (Å²) in [5.41, 5.74) is 4.55. The van der Waals surface area contributed by atoms with Gasteiger partial charge in [0.2, 0.25) is 11.8 Å². The fourth-order valence-electron chi connectivity index (χ4n) is 5.01. The number of hydrogen-bond donors (Lipinski definition) is 1. The summed E-state index contributed by atoms with van der Waals surface area (Å²) in [4.78, 5) is 16.8. The monoisotopic (exact) mass is 428 g/mol. The highest BCUT2D eigenvalue weighted by molar-refractivity contribution is 5.84. The van der Waals surface area contributed by atoms with Crippen LogP contribution in [-0.4, -0.2) is 26.5 Å². The molecule has 1 saturated heterocycles. The number of benzene rings is 1. The van der Waals surface area contributed by atoms with Gasteiger partial charge in [0.15, 0.2) is 0 Å². The second-order valence-electron chi connectivity index (χ2n) is 8.94. The van der Waals surface area contributed by atoms with E-state index in [0.717, 1.165) is 39.4 Å². The van der Waals surface area contributed by atoms with Gasteiger partial charge in [0.05, 0.1) is 22.8 Å². The van der Waals surface area contributed by atoms with Crippen molar-refractivity contribution in [3.8, 4) is 11.1 Å². The van der Waals surface area contributed by atoms with E-state index >= 15 is 0 Å². The van der Waals surface area contributed by atoms with E-state index in [1.165, 1.54) is 0 Å². The molecule has 3 heterocycles. The topological polar surface area (TPSA) is 72.9 Å². The van der Waals surface area contributed by atoms with Gasteiger partial charge in [0, 0.05) is 31.4 Å². The zero-order valence-electron chi connectivity index (χ0n) is 17.8. The summed E-state index contributed by atoms with van der Waals surface area (Å²) >= 11 is 0. The van der Waals surface area contributed by atoms with E-state index in [1.54, 1.807) is 0 Å². The normalized spacial score (nSPS) is 21.7. The number of alkyl halides is 2. The zero-order valence-corrected chi connectivity index (χ0v) is 17.8. The largest absolute Gasteiger partial charge is 0.361 e. The summed E-state index contributed by atoms with van der Waals surface area (Å²) in [6.07, 6.45) is 2.06. The number of hydrogen-bond acceptors (Lipinski definition) is 4. The summed E-state index contributed by atoms with van der Waals surface area (Å²) < 4.78 is 34.7. The predicted molar refractivity (Wildman–Crippen MR) is 112 cm³/mol. The first-order chi connectivity index (χ1) is 14.8. The maximum absolute atomic E-state index is 13.6. The number of aromatic nitrogens is 3. The first kappa shape index (κ1) is 20.2. The van der Waals surface area contributed by atoms with Gasteiger partial charge in [-0.25, -0.2) is 13.8 Å². The molecular weight excluding hydrogens is 402 g/mol. The first-order valence-electron chi connectivity index (χ1n) is 10.9. The fraction of sp³-hybridized carbons (Fsp3) is 0.522. The third kappa shape index (κ3) is 3.72. The molecule has 2 fully saturated rings. The van der Waals surface area contributed by atoms with Crippen LogP contribution in [0.4, 0.5) is 8.78 Å². The van der Waals surface area contributed by atoms with Crippen molar-refractivity contribution in [2.45, 2.75) is 70.9 Å². The van der Waals surface area contributed by atoms with Crippen LogP contribution in [0, 0.1) is 19.8 Å². The minimum absolute atomic E-state index is 0.0253. The van der Waals surface area contributed by atoms with Crippen molar-refractivity contribution in [3.63, 3.8) is 0 Å². The Labute approximate surface area is 179 Å². The summed E-state index contributed by atoms with van der Waals surface area (Å²) in [6.45, 7) is 4.43. The van der Waals surface area contributed by atoms with Gasteiger partial charge >= 0.3 is 0 Å². The molecule has 1 aliphatic heterocycles. The van der Waals surface area contributed by atoms with Crippen LogP contribution in [0.15, 0.2) is 22.7 Å². The van der Waals surface area contributed by atoms with Crippen molar-refractivity contribution >= 4 is 16.9 Å². The van der Waals surface area contributed by atoms with Gasteiger partial charge in [0.1, 0.15) is 11.6 Å². The minimum atomic E-state index is -2.54. The molecule has 1 amide bonds. The SMILES string of the molecule is Cc1noc(C)c1-c1ccc2c(c1)nc(C1CCC(=O)N1)n2CC1CCC(F)(F)CC1. The van der Waals surface area contributed by atoms with Gasteiger partial charge in [-0.15, -0.1) is 0 Å². The molecule has 5 rings (SSSR count). The Morgan fingerprint density at radius 3 is 2.65 bits per heavy atom. The van der Waals surface area contributed by atoms with Gasteiger partial charge in [-0.3, -0.25) is 4.79 Å².